The molecule has 0 fully saturated rings. The minimum atomic E-state index is -0.568. The smallest absolute Gasteiger partial charge is 0.154 e. The number of hydrogen-bond donors (Lipinski definition) is 4. The van der Waals surface area contributed by atoms with E-state index in [-0.39, 0.29) is 19.8 Å². The van der Waals surface area contributed by atoms with Gasteiger partial charge in [-0.15, -0.1) is 0 Å². The van der Waals surface area contributed by atoms with Gasteiger partial charge in [-0.1, -0.05) is 196 Å². The van der Waals surface area contributed by atoms with E-state index in [1.54, 1.807) is 11.8 Å². The number of nitrogens with zero attached hydrogens (tertiary/aromatic N) is 1. The molecule has 0 aromatic carbocycles. The van der Waals surface area contributed by atoms with Gasteiger partial charge in [0.2, 0.25) is 0 Å². The molecule has 0 aromatic heterocycles. The molecule has 4 atom stereocenters. The maximum Gasteiger partial charge on any atom is 0.154 e. The largest absolute Gasteiger partial charge is 0.396 e. The third-order valence-corrected chi connectivity index (χ3v) is 10.9. The minimum absolute atomic E-state index is 0.149. The molecule has 0 amide bonds. The molecule has 0 saturated heterocycles. The highest BCUT2D eigenvalue weighted by molar-refractivity contribution is 7.97. The molecule has 7 heteroatoms. The van der Waals surface area contributed by atoms with E-state index in [4.69, 9.17) is 20.1 Å². The first-order valence-corrected chi connectivity index (χ1v) is 25.5. The number of rotatable bonds is 40. The second kappa shape index (κ2) is 50.3. The molecule has 4 N–H and O–H groups in total. The molecule has 0 rings (SSSR count). The molecule has 0 heterocycles. The summed E-state index contributed by atoms with van der Waals surface area (Å²) in [7, 11) is 0. The molecule has 0 aromatic rings. The molecule has 0 saturated carbocycles. The van der Waals surface area contributed by atoms with Crippen LogP contribution in [0.4, 0.5) is 0 Å². The normalized spacial score (nSPS) is 13.6. The van der Waals surface area contributed by atoms with Gasteiger partial charge in [-0.05, 0) is 62.0 Å². The summed E-state index contributed by atoms with van der Waals surface area (Å²) >= 11 is 1.75. The Morgan fingerprint density at radius 2 is 0.836 bits per heavy atom. The quantitative estimate of drug-likeness (QED) is 0.0362. The summed E-state index contributed by atoms with van der Waals surface area (Å²) in [5.74, 6) is 3.14. The monoisotopic (exact) mass is 806 g/mol. The molecule has 0 spiro atoms. The van der Waals surface area contributed by atoms with Crippen LogP contribution in [-0.2, 0) is 4.74 Å². The standard InChI is InChI=1S/C36H74O2.C10H23NO3.C2H6S/c1-7-8-9-10-11-12-13-14-15-16-17-18-19-20-30-38-36(37)31-35(6)29-23-28-34(5)27-22-26-33(4)25-21-24-32(2)3;12-8-4-2-1-3-5-11(6-9-13)7-10-14;1-3-2/h32-37H,7-31H2,1-6H3;12-14H,1-10H2;1-2H3. The molecule has 55 heavy (non-hydrogen) atoms. The van der Waals surface area contributed by atoms with Gasteiger partial charge in [0, 0.05) is 32.7 Å². The van der Waals surface area contributed by atoms with Gasteiger partial charge in [-0.25, -0.2) is 0 Å². The number of unbranched alkanes of at least 4 members (excludes halogenated alkanes) is 16. The van der Waals surface area contributed by atoms with E-state index < -0.39 is 6.29 Å². The summed E-state index contributed by atoms with van der Waals surface area (Å²) in [6.45, 7) is 17.6. The first kappa shape index (κ1) is 59.4. The summed E-state index contributed by atoms with van der Waals surface area (Å²) < 4.78 is 5.72. The lowest BCUT2D eigenvalue weighted by molar-refractivity contribution is -0.111. The average Bonchev–Trinajstić information content (AvgIpc) is 3.13. The first-order valence-electron chi connectivity index (χ1n) is 23.9. The van der Waals surface area contributed by atoms with Crippen molar-refractivity contribution in [2.24, 2.45) is 23.7 Å². The van der Waals surface area contributed by atoms with Crippen LogP contribution in [0.25, 0.3) is 0 Å². The van der Waals surface area contributed by atoms with Crippen molar-refractivity contribution in [2.75, 3.05) is 58.6 Å². The Kier molecular flexibility index (Phi) is 54.3. The molecular weight excluding hydrogens is 703 g/mol. The average molecular weight is 806 g/mol. The summed E-state index contributed by atoms with van der Waals surface area (Å²) in [5.41, 5.74) is 0. The van der Waals surface area contributed by atoms with Gasteiger partial charge in [-0.2, -0.15) is 11.8 Å². The predicted octanol–water partition coefficient (Wildman–Crippen LogP) is 13.1. The third-order valence-electron chi connectivity index (χ3n) is 10.9. The van der Waals surface area contributed by atoms with Crippen molar-refractivity contribution in [2.45, 2.75) is 228 Å². The highest BCUT2D eigenvalue weighted by Gasteiger charge is 2.12. The van der Waals surface area contributed by atoms with Crippen molar-refractivity contribution in [3.05, 3.63) is 0 Å². The van der Waals surface area contributed by atoms with Gasteiger partial charge in [0.05, 0.1) is 13.2 Å². The number of ether oxygens (including phenoxy) is 1. The van der Waals surface area contributed by atoms with E-state index in [2.05, 4.69) is 46.4 Å². The number of thioether (sulfide) groups is 1. The zero-order chi connectivity index (χ0) is 41.6. The topological polar surface area (TPSA) is 93.4 Å². The molecule has 0 aliphatic carbocycles. The third kappa shape index (κ3) is 54.1. The summed E-state index contributed by atoms with van der Waals surface area (Å²) in [5, 5.41) is 36.3. The van der Waals surface area contributed by atoms with E-state index in [1.807, 2.05) is 12.5 Å². The number of aliphatic hydroxyl groups is 4. The fourth-order valence-corrected chi connectivity index (χ4v) is 7.26. The van der Waals surface area contributed by atoms with Crippen LogP contribution >= 0.6 is 11.8 Å². The van der Waals surface area contributed by atoms with Crippen LogP contribution in [0, 0.1) is 23.7 Å². The van der Waals surface area contributed by atoms with Gasteiger partial charge in [-0.3, -0.25) is 4.90 Å². The van der Waals surface area contributed by atoms with Gasteiger partial charge in [0.15, 0.2) is 6.29 Å². The molecule has 0 aliphatic heterocycles. The van der Waals surface area contributed by atoms with E-state index in [1.165, 1.54) is 141 Å². The van der Waals surface area contributed by atoms with Crippen molar-refractivity contribution >= 4 is 11.8 Å². The lowest BCUT2D eigenvalue weighted by Gasteiger charge is -2.19. The number of aliphatic hydroxyl groups excluding tert-OH is 4. The van der Waals surface area contributed by atoms with Crippen LogP contribution in [0.5, 0.6) is 0 Å². The maximum atomic E-state index is 10.3. The van der Waals surface area contributed by atoms with Crippen molar-refractivity contribution in [1.29, 1.82) is 0 Å². The zero-order valence-corrected chi connectivity index (χ0v) is 39.5. The van der Waals surface area contributed by atoms with E-state index in [9.17, 15) is 5.11 Å². The van der Waals surface area contributed by atoms with Crippen molar-refractivity contribution in [1.82, 2.24) is 4.90 Å². The Morgan fingerprint density at radius 1 is 0.455 bits per heavy atom. The Bertz CT molecular complexity index is 666. The predicted molar refractivity (Wildman–Crippen MR) is 246 cm³/mol. The highest BCUT2D eigenvalue weighted by atomic mass is 32.2. The molecule has 4 unspecified atom stereocenters. The molecular formula is C48H103NO5S. The van der Waals surface area contributed by atoms with Crippen LogP contribution in [0.15, 0.2) is 0 Å². The summed E-state index contributed by atoms with van der Waals surface area (Å²) in [6, 6.07) is 0. The maximum absolute atomic E-state index is 10.3. The molecule has 0 bridgehead atoms. The lowest BCUT2D eigenvalue weighted by Crippen LogP contribution is -2.30. The van der Waals surface area contributed by atoms with Gasteiger partial charge in [0.1, 0.15) is 0 Å². The van der Waals surface area contributed by atoms with E-state index >= 15 is 0 Å². The summed E-state index contributed by atoms with van der Waals surface area (Å²) in [4.78, 5) is 2.05. The van der Waals surface area contributed by atoms with Crippen molar-refractivity contribution in [3.8, 4) is 0 Å². The van der Waals surface area contributed by atoms with Crippen LogP contribution in [0.1, 0.15) is 221 Å². The van der Waals surface area contributed by atoms with Gasteiger partial charge >= 0.3 is 0 Å². The van der Waals surface area contributed by atoms with Crippen molar-refractivity contribution in [3.63, 3.8) is 0 Å². The van der Waals surface area contributed by atoms with Crippen LogP contribution in [0.3, 0.4) is 0 Å². The fraction of sp³-hybridized carbons (Fsp3) is 1.00. The molecule has 0 radical (unpaired) electrons. The SMILES string of the molecule is CCCCCCCCCCCCCCCCOC(O)CC(C)CCCC(C)CCCC(C)CCCC(C)C.CSC.OCCCCCCN(CCO)CCO. The van der Waals surface area contributed by atoms with Crippen LogP contribution in [0.2, 0.25) is 0 Å². The van der Waals surface area contributed by atoms with Crippen LogP contribution < -0.4 is 0 Å². The molecule has 0 aliphatic rings. The highest BCUT2D eigenvalue weighted by Crippen LogP contribution is 2.23. The Hall–Kier alpha value is 0.110. The molecule has 336 valence electrons. The van der Waals surface area contributed by atoms with Gasteiger partial charge in [0.25, 0.3) is 0 Å². The first-order chi connectivity index (χ1) is 26.6. The fourth-order valence-electron chi connectivity index (χ4n) is 7.26. The van der Waals surface area contributed by atoms with Crippen molar-refractivity contribution < 1.29 is 25.2 Å². The summed E-state index contributed by atoms with van der Waals surface area (Å²) in [6.07, 6.45) is 39.9. The van der Waals surface area contributed by atoms with Crippen LogP contribution in [-0.4, -0.2) is 90.2 Å². The minimum Gasteiger partial charge on any atom is -0.396 e. The second-order valence-electron chi connectivity index (χ2n) is 17.5. The number of hydrogen-bond acceptors (Lipinski definition) is 7. The Balaban J connectivity index is -0.00000132. The second-order valence-corrected chi connectivity index (χ2v) is 18.3. The lowest BCUT2D eigenvalue weighted by atomic mass is 9.91. The van der Waals surface area contributed by atoms with Gasteiger partial charge < -0.3 is 25.2 Å². The zero-order valence-electron chi connectivity index (χ0n) is 38.7. The van der Waals surface area contributed by atoms with E-state index in [0.717, 1.165) is 69.4 Å². The van der Waals surface area contributed by atoms with E-state index in [0.29, 0.717) is 19.0 Å². The Labute approximate surface area is 350 Å². The Morgan fingerprint density at radius 3 is 1.25 bits per heavy atom. The molecule has 6 nitrogen and oxygen atoms in total.